The average Bonchev–Trinajstić information content (AvgIpc) is 2.52. The van der Waals surface area contributed by atoms with Gasteiger partial charge in [0.25, 0.3) is 5.91 Å². The van der Waals surface area contributed by atoms with E-state index in [9.17, 15) is 14.4 Å². The van der Waals surface area contributed by atoms with Gasteiger partial charge in [-0.3, -0.25) is 4.79 Å². The van der Waals surface area contributed by atoms with Crippen LogP contribution in [0.15, 0.2) is 24.3 Å². The fourth-order valence-electron chi connectivity index (χ4n) is 2.55. The molecular formula is C14H15ClN2O5. The van der Waals surface area contributed by atoms with Gasteiger partial charge in [-0.2, -0.15) is 5.01 Å². The summed E-state index contributed by atoms with van der Waals surface area (Å²) in [5, 5.41) is 1.99. The normalized spacial score (nSPS) is 20.5. The Morgan fingerprint density at radius 3 is 2.36 bits per heavy atom. The van der Waals surface area contributed by atoms with Crippen LogP contribution in [0.2, 0.25) is 5.02 Å². The molecule has 1 aromatic carbocycles. The number of hydrogen-bond acceptors (Lipinski definition) is 5. The summed E-state index contributed by atoms with van der Waals surface area (Å²) in [4.78, 5) is 36.4. The number of ether oxygens (including phenoxy) is 2. The highest BCUT2D eigenvalue weighted by atomic mass is 35.5. The molecule has 1 aromatic rings. The molecule has 3 amide bonds. The van der Waals surface area contributed by atoms with Crippen molar-refractivity contribution in [1.82, 2.24) is 10.0 Å². The standard InChI is InChI=1S/C14H15ClN2O5/c1-4-14(9-6-5-7-10(15)8-9)11(18)16(12(19)21-2)17(14)13(20)22-3/h5-8H,4H2,1-3H3/t14-/m0/s1. The number of nitrogens with zero attached hydrogens (tertiary/aromatic N) is 2. The van der Waals surface area contributed by atoms with Gasteiger partial charge in [0, 0.05) is 5.02 Å². The van der Waals surface area contributed by atoms with Crippen LogP contribution < -0.4 is 0 Å². The number of methoxy groups -OCH3 is 2. The Balaban J connectivity index is 2.56. The lowest BCUT2D eigenvalue weighted by atomic mass is 9.81. The van der Waals surface area contributed by atoms with Crippen LogP contribution in [-0.2, 0) is 19.8 Å². The molecule has 7 nitrogen and oxygen atoms in total. The van der Waals surface area contributed by atoms with Crippen molar-refractivity contribution in [1.29, 1.82) is 0 Å². The molecule has 22 heavy (non-hydrogen) atoms. The molecule has 0 spiro atoms. The van der Waals surface area contributed by atoms with E-state index in [-0.39, 0.29) is 6.42 Å². The van der Waals surface area contributed by atoms with Crippen molar-refractivity contribution < 1.29 is 23.9 Å². The molecular weight excluding hydrogens is 312 g/mol. The van der Waals surface area contributed by atoms with E-state index in [1.807, 2.05) is 0 Å². The minimum atomic E-state index is -1.34. The maximum Gasteiger partial charge on any atom is 0.436 e. The molecule has 118 valence electrons. The highest BCUT2D eigenvalue weighted by Gasteiger charge is 2.65. The van der Waals surface area contributed by atoms with Gasteiger partial charge in [0.1, 0.15) is 0 Å². The second-order valence-electron chi connectivity index (χ2n) is 4.59. The Morgan fingerprint density at radius 2 is 1.86 bits per heavy atom. The molecule has 1 saturated heterocycles. The Morgan fingerprint density at radius 1 is 1.23 bits per heavy atom. The van der Waals surface area contributed by atoms with Crippen molar-refractivity contribution >= 4 is 29.7 Å². The minimum Gasteiger partial charge on any atom is -0.451 e. The quantitative estimate of drug-likeness (QED) is 0.834. The van der Waals surface area contributed by atoms with Gasteiger partial charge in [-0.1, -0.05) is 30.7 Å². The zero-order valence-electron chi connectivity index (χ0n) is 12.3. The van der Waals surface area contributed by atoms with Crippen molar-refractivity contribution in [3.63, 3.8) is 0 Å². The molecule has 8 heteroatoms. The van der Waals surface area contributed by atoms with E-state index in [2.05, 4.69) is 9.47 Å². The smallest absolute Gasteiger partial charge is 0.436 e. The molecule has 1 atom stereocenters. The highest BCUT2D eigenvalue weighted by Crippen LogP contribution is 2.45. The van der Waals surface area contributed by atoms with Crippen molar-refractivity contribution in [3.05, 3.63) is 34.9 Å². The van der Waals surface area contributed by atoms with Gasteiger partial charge in [-0.15, -0.1) is 5.01 Å². The topological polar surface area (TPSA) is 76.2 Å². The van der Waals surface area contributed by atoms with Gasteiger partial charge in [0.2, 0.25) is 0 Å². The predicted octanol–water partition coefficient (Wildman–Crippen LogP) is 2.54. The third-order valence-electron chi connectivity index (χ3n) is 3.62. The van der Waals surface area contributed by atoms with E-state index in [4.69, 9.17) is 11.6 Å². The van der Waals surface area contributed by atoms with Crippen molar-refractivity contribution in [2.24, 2.45) is 0 Å². The first-order valence-electron chi connectivity index (χ1n) is 6.50. The second-order valence-corrected chi connectivity index (χ2v) is 5.03. The van der Waals surface area contributed by atoms with Crippen molar-refractivity contribution in [2.45, 2.75) is 18.9 Å². The van der Waals surface area contributed by atoms with E-state index in [1.165, 1.54) is 7.11 Å². The largest absolute Gasteiger partial charge is 0.451 e. The van der Waals surface area contributed by atoms with E-state index >= 15 is 0 Å². The lowest BCUT2D eigenvalue weighted by Crippen LogP contribution is -2.77. The SMILES string of the molecule is CC[C@]1(c2cccc(Cl)c2)C(=O)N(C(=O)OC)N1C(=O)OC. The average molecular weight is 327 g/mol. The van der Waals surface area contributed by atoms with Crippen LogP contribution in [-0.4, -0.2) is 42.3 Å². The van der Waals surface area contributed by atoms with Gasteiger partial charge in [0.15, 0.2) is 5.54 Å². The van der Waals surface area contributed by atoms with Gasteiger partial charge >= 0.3 is 12.2 Å². The predicted molar refractivity (Wildman–Crippen MR) is 76.9 cm³/mol. The van der Waals surface area contributed by atoms with Crippen LogP contribution in [0.1, 0.15) is 18.9 Å². The van der Waals surface area contributed by atoms with E-state index in [0.717, 1.165) is 12.1 Å². The molecule has 1 aliphatic heterocycles. The molecule has 0 bridgehead atoms. The summed E-state index contributed by atoms with van der Waals surface area (Å²) in [6.45, 7) is 1.73. The second kappa shape index (κ2) is 5.84. The number of amides is 3. The molecule has 0 N–H and O–H groups in total. The van der Waals surface area contributed by atoms with Crippen molar-refractivity contribution in [3.8, 4) is 0 Å². The maximum atomic E-state index is 12.6. The molecule has 0 aromatic heterocycles. The fraction of sp³-hybridized carbons (Fsp3) is 0.357. The van der Waals surface area contributed by atoms with E-state index in [0.29, 0.717) is 15.6 Å². The molecule has 0 radical (unpaired) electrons. The first-order valence-corrected chi connectivity index (χ1v) is 6.88. The number of carbonyl (C=O) groups excluding carboxylic acids is 3. The lowest BCUT2D eigenvalue weighted by Gasteiger charge is -2.54. The summed E-state index contributed by atoms with van der Waals surface area (Å²) >= 11 is 5.97. The third kappa shape index (κ3) is 2.09. The summed E-state index contributed by atoms with van der Waals surface area (Å²) in [7, 11) is 2.29. The number of hydrogen-bond donors (Lipinski definition) is 0. The fourth-order valence-corrected chi connectivity index (χ4v) is 2.74. The van der Waals surface area contributed by atoms with Crippen LogP contribution in [0.25, 0.3) is 0 Å². The van der Waals surface area contributed by atoms with E-state index < -0.39 is 23.6 Å². The molecule has 1 aliphatic rings. The van der Waals surface area contributed by atoms with Crippen molar-refractivity contribution in [2.75, 3.05) is 14.2 Å². The number of carbonyl (C=O) groups is 3. The molecule has 0 unspecified atom stereocenters. The third-order valence-corrected chi connectivity index (χ3v) is 3.85. The van der Waals surface area contributed by atoms with Crippen LogP contribution in [0, 0.1) is 0 Å². The van der Waals surface area contributed by atoms with Gasteiger partial charge < -0.3 is 9.47 Å². The number of hydrazine groups is 1. The Labute approximate surface area is 132 Å². The lowest BCUT2D eigenvalue weighted by molar-refractivity contribution is -0.201. The summed E-state index contributed by atoms with van der Waals surface area (Å²) in [5.41, 5.74) is -0.843. The molecule has 0 saturated carbocycles. The highest BCUT2D eigenvalue weighted by molar-refractivity contribution is 6.30. The summed E-state index contributed by atoms with van der Waals surface area (Å²) < 4.78 is 9.23. The Bertz CT molecular complexity index is 635. The van der Waals surface area contributed by atoms with Crippen LogP contribution in [0.3, 0.4) is 0 Å². The zero-order chi connectivity index (χ0) is 16.5. The number of halogens is 1. The number of rotatable bonds is 2. The monoisotopic (exact) mass is 326 g/mol. The zero-order valence-corrected chi connectivity index (χ0v) is 13.1. The van der Waals surface area contributed by atoms with Crippen LogP contribution >= 0.6 is 11.6 Å². The van der Waals surface area contributed by atoms with Crippen LogP contribution in [0.4, 0.5) is 9.59 Å². The van der Waals surface area contributed by atoms with E-state index in [1.54, 1.807) is 31.2 Å². The molecule has 1 fully saturated rings. The maximum absolute atomic E-state index is 12.6. The summed E-state index contributed by atoms with van der Waals surface area (Å²) in [6, 6.07) is 6.56. The first-order chi connectivity index (χ1) is 10.4. The van der Waals surface area contributed by atoms with Crippen LogP contribution in [0.5, 0.6) is 0 Å². The number of benzene rings is 1. The van der Waals surface area contributed by atoms with Gasteiger partial charge in [0.05, 0.1) is 14.2 Å². The first kappa shape index (κ1) is 16.1. The summed E-state index contributed by atoms with van der Waals surface area (Å²) in [6.07, 6.45) is -1.55. The Hall–Kier alpha value is -2.28. The molecule has 0 aliphatic carbocycles. The molecule has 1 heterocycles. The minimum absolute atomic E-state index is 0.245. The number of imide groups is 1. The molecule has 2 rings (SSSR count). The Kier molecular flexibility index (Phi) is 4.27. The van der Waals surface area contributed by atoms with Gasteiger partial charge in [-0.25, -0.2) is 9.59 Å². The van der Waals surface area contributed by atoms with Gasteiger partial charge in [-0.05, 0) is 24.1 Å². The summed E-state index contributed by atoms with van der Waals surface area (Å²) in [5.74, 6) is -0.575.